The third-order valence-electron chi connectivity index (χ3n) is 4.62. The molecule has 0 saturated carbocycles. The second-order valence-corrected chi connectivity index (χ2v) is 7.99. The Bertz CT molecular complexity index is 1220. The lowest BCUT2D eigenvalue weighted by Gasteiger charge is -2.12. The number of methoxy groups -OCH3 is 1. The first-order chi connectivity index (χ1) is 15.5. The molecule has 0 atom stereocenters. The molecular formula is C24H18Cl3N3O2. The second-order valence-electron chi connectivity index (χ2n) is 6.74. The molecule has 1 aromatic heterocycles. The van der Waals surface area contributed by atoms with E-state index in [1.165, 1.54) is 0 Å². The predicted molar refractivity (Wildman–Crippen MR) is 129 cm³/mol. The van der Waals surface area contributed by atoms with Gasteiger partial charge < -0.3 is 9.47 Å². The largest absolute Gasteiger partial charge is 0.497 e. The molecule has 3 aromatic carbocycles. The summed E-state index contributed by atoms with van der Waals surface area (Å²) in [5.74, 6) is 2.31. The summed E-state index contributed by atoms with van der Waals surface area (Å²) < 4.78 is 13.1. The summed E-state index contributed by atoms with van der Waals surface area (Å²) in [5, 5.41) is 9.76. The van der Waals surface area contributed by atoms with Gasteiger partial charge in [0.05, 0.1) is 17.2 Å². The maximum Gasteiger partial charge on any atom is 0.175 e. The van der Waals surface area contributed by atoms with Crippen molar-refractivity contribution in [3.8, 4) is 17.2 Å². The highest BCUT2D eigenvalue weighted by Crippen LogP contribution is 2.36. The van der Waals surface area contributed by atoms with Crippen LogP contribution >= 0.6 is 34.8 Å². The Labute approximate surface area is 200 Å². The molecule has 0 fully saturated rings. The summed E-state index contributed by atoms with van der Waals surface area (Å²) in [6.07, 6.45) is 3.87. The predicted octanol–water partition coefficient (Wildman–Crippen LogP) is 6.99. The van der Waals surface area contributed by atoms with E-state index in [0.717, 1.165) is 17.0 Å². The van der Waals surface area contributed by atoms with Gasteiger partial charge >= 0.3 is 0 Å². The van der Waals surface area contributed by atoms with Crippen LogP contribution in [0.4, 0.5) is 0 Å². The Morgan fingerprint density at radius 1 is 0.875 bits per heavy atom. The average molecular weight is 487 g/mol. The van der Waals surface area contributed by atoms with Crippen molar-refractivity contribution in [2.75, 3.05) is 7.11 Å². The molecule has 8 heteroatoms. The van der Waals surface area contributed by atoms with E-state index in [-0.39, 0.29) is 6.61 Å². The Hall–Kier alpha value is -2.99. The van der Waals surface area contributed by atoms with E-state index in [4.69, 9.17) is 44.3 Å². The summed E-state index contributed by atoms with van der Waals surface area (Å²) in [4.78, 5) is 0. The molecule has 1 heterocycles. The van der Waals surface area contributed by atoms with Gasteiger partial charge in [-0.3, -0.25) is 4.57 Å². The van der Waals surface area contributed by atoms with Gasteiger partial charge in [-0.1, -0.05) is 71.2 Å². The molecule has 32 heavy (non-hydrogen) atoms. The fraction of sp³-hybridized carbons (Fsp3) is 0.0833. The number of benzene rings is 3. The Kier molecular flexibility index (Phi) is 7.00. The molecule has 0 unspecified atom stereocenters. The molecular weight excluding hydrogens is 469 g/mol. The van der Waals surface area contributed by atoms with E-state index < -0.39 is 0 Å². The van der Waals surface area contributed by atoms with Crippen LogP contribution < -0.4 is 9.47 Å². The molecule has 0 aliphatic carbocycles. The highest BCUT2D eigenvalue weighted by molar-refractivity contribution is 6.40. The minimum atomic E-state index is 0.0965. The molecule has 0 saturated heterocycles. The van der Waals surface area contributed by atoms with E-state index >= 15 is 0 Å². The minimum absolute atomic E-state index is 0.0965. The second kappa shape index (κ2) is 10.1. The highest BCUT2D eigenvalue weighted by Gasteiger charge is 2.16. The lowest BCUT2D eigenvalue weighted by atomic mass is 10.2. The molecule has 0 aliphatic heterocycles. The van der Waals surface area contributed by atoms with E-state index in [9.17, 15) is 0 Å². The van der Waals surface area contributed by atoms with Crippen LogP contribution in [0.1, 0.15) is 17.2 Å². The number of aromatic nitrogens is 3. The van der Waals surface area contributed by atoms with Crippen LogP contribution in [-0.4, -0.2) is 21.9 Å². The molecule has 0 N–H and O–H groups in total. The number of ether oxygens (including phenoxy) is 2. The molecule has 5 nitrogen and oxygen atoms in total. The summed E-state index contributed by atoms with van der Waals surface area (Å²) >= 11 is 18.5. The van der Waals surface area contributed by atoms with Gasteiger partial charge in [-0.25, -0.2) is 0 Å². The summed E-state index contributed by atoms with van der Waals surface area (Å²) in [6.45, 7) is 0.0965. The van der Waals surface area contributed by atoms with Crippen LogP contribution in [0.25, 0.3) is 17.8 Å². The van der Waals surface area contributed by atoms with Crippen LogP contribution in [0.5, 0.6) is 11.5 Å². The quantitative estimate of drug-likeness (QED) is 0.282. The Balaban J connectivity index is 1.68. The van der Waals surface area contributed by atoms with Gasteiger partial charge in [0, 0.05) is 10.7 Å². The normalized spacial score (nSPS) is 11.1. The molecule has 0 radical (unpaired) electrons. The zero-order chi connectivity index (χ0) is 22.5. The number of hydrogen-bond acceptors (Lipinski definition) is 4. The number of hydrogen-bond donors (Lipinski definition) is 0. The third kappa shape index (κ3) is 5.07. The van der Waals surface area contributed by atoms with Crippen molar-refractivity contribution in [1.82, 2.24) is 14.8 Å². The standard InChI is InChI=1S/C24H18Cl3N3O2/c1-31-19-10-8-18(9-11-19)30-22(12-7-16-5-3-2-4-6-16)28-29-23(30)15-32-24-20(26)13-17(25)14-21(24)27/h2-14H,15H2,1H3/b12-7+. The molecule has 0 bridgehead atoms. The minimum Gasteiger partial charge on any atom is -0.497 e. The van der Waals surface area contributed by atoms with Crippen LogP contribution in [0.15, 0.2) is 66.7 Å². The molecule has 4 rings (SSSR count). The highest BCUT2D eigenvalue weighted by atomic mass is 35.5. The van der Waals surface area contributed by atoms with Crippen molar-refractivity contribution in [2.24, 2.45) is 0 Å². The van der Waals surface area contributed by atoms with Gasteiger partial charge in [0.25, 0.3) is 0 Å². The summed E-state index contributed by atoms with van der Waals surface area (Å²) in [5.41, 5.74) is 1.91. The van der Waals surface area contributed by atoms with Crippen molar-refractivity contribution >= 4 is 47.0 Å². The first-order valence-corrected chi connectivity index (χ1v) is 10.8. The van der Waals surface area contributed by atoms with Crippen LogP contribution in [-0.2, 0) is 6.61 Å². The van der Waals surface area contributed by atoms with Crippen LogP contribution in [0.2, 0.25) is 15.1 Å². The SMILES string of the molecule is COc1ccc(-n2c(/C=C/c3ccccc3)nnc2COc2c(Cl)cc(Cl)cc2Cl)cc1. The molecule has 0 aliphatic rings. The molecule has 4 aromatic rings. The van der Waals surface area contributed by atoms with Gasteiger partial charge in [0.2, 0.25) is 0 Å². The topological polar surface area (TPSA) is 49.2 Å². The van der Waals surface area contributed by atoms with E-state index in [0.29, 0.717) is 32.5 Å². The van der Waals surface area contributed by atoms with Gasteiger partial charge in [-0.05, 0) is 48.0 Å². The summed E-state index contributed by atoms with van der Waals surface area (Å²) in [6, 6.07) is 20.7. The molecule has 162 valence electrons. The monoisotopic (exact) mass is 485 g/mol. The van der Waals surface area contributed by atoms with Gasteiger partial charge in [0.15, 0.2) is 17.4 Å². The van der Waals surface area contributed by atoms with Gasteiger partial charge in [-0.2, -0.15) is 0 Å². The van der Waals surface area contributed by atoms with Crippen molar-refractivity contribution in [1.29, 1.82) is 0 Å². The van der Waals surface area contributed by atoms with Crippen LogP contribution in [0, 0.1) is 0 Å². The maximum absolute atomic E-state index is 6.25. The number of nitrogens with zero attached hydrogens (tertiary/aromatic N) is 3. The smallest absolute Gasteiger partial charge is 0.175 e. The Morgan fingerprint density at radius 3 is 2.22 bits per heavy atom. The molecule has 0 spiro atoms. The number of halogens is 3. The van der Waals surface area contributed by atoms with Crippen molar-refractivity contribution in [3.63, 3.8) is 0 Å². The van der Waals surface area contributed by atoms with Crippen molar-refractivity contribution in [3.05, 3.63) is 99.0 Å². The number of rotatable bonds is 7. The lowest BCUT2D eigenvalue weighted by molar-refractivity contribution is 0.293. The fourth-order valence-corrected chi connectivity index (χ4v) is 4.01. The van der Waals surface area contributed by atoms with E-state index in [2.05, 4.69) is 10.2 Å². The molecule has 0 amide bonds. The van der Waals surface area contributed by atoms with Crippen molar-refractivity contribution < 1.29 is 9.47 Å². The zero-order valence-corrected chi connectivity index (χ0v) is 19.3. The Morgan fingerprint density at radius 2 is 1.56 bits per heavy atom. The first kappa shape index (κ1) is 22.2. The van der Waals surface area contributed by atoms with Gasteiger partial charge in [-0.15, -0.1) is 10.2 Å². The lowest BCUT2D eigenvalue weighted by Crippen LogP contribution is -2.07. The average Bonchev–Trinajstić information content (AvgIpc) is 3.20. The maximum atomic E-state index is 6.25. The van der Waals surface area contributed by atoms with Crippen molar-refractivity contribution in [2.45, 2.75) is 6.61 Å². The van der Waals surface area contributed by atoms with Gasteiger partial charge in [0.1, 0.15) is 12.4 Å². The van der Waals surface area contributed by atoms with Crippen LogP contribution in [0.3, 0.4) is 0 Å². The first-order valence-electron chi connectivity index (χ1n) is 9.64. The fourth-order valence-electron chi connectivity index (χ4n) is 3.08. The summed E-state index contributed by atoms with van der Waals surface area (Å²) in [7, 11) is 1.63. The van der Waals surface area contributed by atoms with E-state index in [1.54, 1.807) is 19.2 Å². The van der Waals surface area contributed by atoms with E-state index in [1.807, 2.05) is 71.3 Å². The zero-order valence-electron chi connectivity index (χ0n) is 17.0. The third-order valence-corrected chi connectivity index (χ3v) is 5.40.